The van der Waals surface area contributed by atoms with Crippen LogP contribution < -0.4 is 10.2 Å². The molecule has 4 heterocycles. The predicted octanol–water partition coefficient (Wildman–Crippen LogP) is 4.52. The van der Waals surface area contributed by atoms with Gasteiger partial charge in [0.1, 0.15) is 11.5 Å². The molecule has 2 atom stereocenters. The third-order valence-corrected chi connectivity index (χ3v) is 5.94. The van der Waals surface area contributed by atoms with Crippen molar-refractivity contribution in [1.82, 2.24) is 19.9 Å². The molecule has 3 aromatic heterocycles. The summed E-state index contributed by atoms with van der Waals surface area (Å²) >= 11 is 0. The summed E-state index contributed by atoms with van der Waals surface area (Å²) < 4.78 is 5.21. The predicted molar refractivity (Wildman–Crippen MR) is 135 cm³/mol. The van der Waals surface area contributed by atoms with Crippen molar-refractivity contribution in [3.63, 3.8) is 0 Å². The van der Waals surface area contributed by atoms with Gasteiger partial charge >= 0.3 is 6.09 Å². The Balaban J connectivity index is 0.00000342. The molecular formula is C25H34N6O3. The van der Waals surface area contributed by atoms with Crippen LogP contribution in [0.5, 0.6) is 0 Å². The van der Waals surface area contributed by atoms with Gasteiger partial charge in [-0.15, -0.1) is 0 Å². The normalized spacial score (nSPS) is 18.4. The molecule has 0 bridgehead atoms. The van der Waals surface area contributed by atoms with Crippen LogP contribution in [0, 0.1) is 5.92 Å². The van der Waals surface area contributed by atoms with E-state index in [1.54, 1.807) is 13.1 Å². The second-order valence-electron chi connectivity index (χ2n) is 9.35. The fourth-order valence-electron chi connectivity index (χ4n) is 4.56. The molecule has 1 aliphatic heterocycles. The Morgan fingerprint density at radius 3 is 2.68 bits per heavy atom. The number of aromatic nitrogens is 3. The molecule has 2 N–H and O–H groups in total. The Kier molecular flexibility index (Phi) is 6.72. The van der Waals surface area contributed by atoms with Crippen LogP contribution in [0.4, 0.5) is 16.3 Å². The second-order valence-corrected chi connectivity index (χ2v) is 9.35. The van der Waals surface area contributed by atoms with Gasteiger partial charge in [-0.3, -0.25) is 10.1 Å². The van der Waals surface area contributed by atoms with Crippen LogP contribution in [0.1, 0.15) is 36.0 Å². The molecule has 0 spiro atoms. The Hall–Kier alpha value is -3.62. The van der Waals surface area contributed by atoms with E-state index >= 15 is 0 Å². The smallest absolute Gasteiger partial charge is 0.411 e. The molecule has 9 heteroatoms. The van der Waals surface area contributed by atoms with E-state index in [2.05, 4.69) is 34.0 Å². The van der Waals surface area contributed by atoms with Crippen molar-refractivity contribution in [3.8, 4) is 11.3 Å². The summed E-state index contributed by atoms with van der Waals surface area (Å²) in [4.78, 5) is 40.8. The molecule has 0 aliphatic carbocycles. The van der Waals surface area contributed by atoms with Gasteiger partial charge in [-0.25, -0.2) is 14.8 Å². The van der Waals surface area contributed by atoms with Gasteiger partial charge in [-0.05, 0) is 38.0 Å². The van der Waals surface area contributed by atoms with Crippen LogP contribution in [0.2, 0.25) is 0 Å². The number of pyridine rings is 2. The number of rotatable bonds is 5. The van der Waals surface area contributed by atoms with E-state index in [9.17, 15) is 9.59 Å². The molecule has 3 aromatic rings. The maximum atomic E-state index is 12.1. The minimum Gasteiger partial charge on any atom is -0.449 e. The quantitative estimate of drug-likeness (QED) is 0.573. The molecule has 1 saturated heterocycles. The van der Waals surface area contributed by atoms with Gasteiger partial charge in [0.2, 0.25) is 5.91 Å². The maximum Gasteiger partial charge on any atom is 0.411 e. The molecule has 182 valence electrons. The summed E-state index contributed by atoms with van der Waals surface area (Å²) in [6.07, 6.45) is 2.98. The lowest BCUT2D eigenvalue weighted by molar-refractivity contribution is -0.133. The van der Waals surface area contributed by atoms with Crippen LogP contribution in [-0.4, -0.2) is 63.6 Å². The van der Waals surface area contributed by atoms with E-state index in [1.807, 2.05) is 49.2 Å². The number of aromatic amines is 1. The largest absolute Gasteiger partial charge is 0.449 e. The highest BCUT2D eigenvalue weighted by Crippen LogP contribution is 2.30. The van der Waals surface area contributed by atoms with Crippen molar-refractivity contribution >= 4 is 34.5 Å². The molecule has 34 heavy (non-hydrogen) atoms. The molecular weight excluding hydrogens is 432 g/mol. The van der Waals surface area contributed by atoms with Crippen LogP contribution in [0.25, 0.3) is 22.3 Å². The highest BCUT2D eigenvalue weighted by atomic mass is 16.5. The number of hydrogen-bond donors (Lipinski definition) is 2. The standard InChI is InChI=1S/C25H32N6O3.H2/c1-15(2)14-34-25(33)28-19-9-20-21(11-27-24(20)26-10-19)22-7-6-8-23(29-22)30-12-16(3)31(18(5)32)17(4)13-30;/h6-11,15-17H,12-14H2,1-5H3,(H,26,27)(H,28,33);1H/t16-,17+;. The van der Waals surface area contributed by atoms with Crippen LogP contribution in [0.15, 0.2) is 36.7 Å². The third kappa shape index (κ3) is 4.98. The molecule has 0 saturated carbocycles. The zero-order chi connectivity index (χ0) is 24.4. The van der Waals surface area contributed by atoms with Gasteiger partial charge in [0.05, 0.1) is 24.2 Å². The topological polar surface area (TPSA) is 103 Å². The SMILES string of the molecule is CC(=O)N1[C@H](C)CN(c2cccc(-c3c[nH]c4ncc(NC(=O)OCC(C)C)cc34)n2)C[C@@H]1C.[HH]. The lowest BCUT2D eigenvalue weighted by Gasteiger charge is -2.44. The van der Waals surface area contributed by atoms with Crippen molar-refractivity contribution in [2.45, 2.75) is 46.7 Å². The van der Waals surface area contributed by atoms with Gasteiger partial charge < -0.3 is 19.5 Å². The summed E-state index contributed by atoms with van der Waals surface area (Å²) in [5.41, 5.74) is 2.97. The van der Waals surface area contributed by atoms with Crippen molar-refractivity contribution in [1.29, 1.82) is 0 Å². The van der Waals surface area contributed by atoms with Gasteiger partial charge in [-0.2, -0.15) is 0 Å². The van der Waals surface area contributed by atoms with Crippen molar-refractivity contribution in [2.75, 3.05) is 29.9 Å². The van der Waals surface area contributed by atoms with E-state index in [0.29, 0.717) is 17.9 Å². The van der Waals surface area contributed by atoms with Crippen molar-refractivity contribution in [3.05, 3.63) is 36.7 Å². The fraction of sp³-hybridized carbons (Fsp3) is 0.440. The Morgan fingerprint density at radius 2 is 2.00 bits per heavy atom. The number of carbonyl (C=O) groups excluding carboxylic acids is 2. The zero-order valence-corrected chi connectivity index (χ0v) is 20.3. The maximum absolute atomic E-state index is 12.1. The number of anilines is 2. The number of fused-ring (bicyclic) bond motifs is 1. The van der Waals surface area contributed by atoms with Crippen molar-refractivity contribution in [2.24, 2.45) is 5.92 Å². The summed E-state index contributed by atoms with van der Waals surface area (Å²) in [5, 5.41) is 3.60. The Morgan fingerprint density at radius 1 is 1.26 bits per heavy atom. The molecule has 1 fully saturated rings. The number of nitrogens with one attached hydrogen (secondary N) is 2. The second kappa shape index (κ2) is 9.70. The van der Waals surface area contributed by atoms with Crippen LogP contribution in [-0.2, 0) is 9.53 Å². The first-order valence-corrected chi connectivity index (χ1v) is 11.6. The molecule has 0 aromatic carbocycles. The van der Waals surface area contributed by atoms with Crippen LogP contribution in [0.3, 0.4) is 0 Å². The van der Waals surface area contributed by atoms with E-state index in [-0.39, 0.29) is 25.3 Å². The monoisotopic (exact) mass is 466 g/mol. The lowest BCUT2D eigenvalue weighted by Crippen LogP contribution is -2.58. The summed E-state index contributed by atoms with van der Waals surface area (Å²) in [6, 6.07) is 8.02. The van der Waals surface area contributed by atoms with Gasteiger partial charge in [0.25, 0.3) is 0 Å². The average Bonchev–Trinajstić information content (AvgIpc) is 3.20. The zero-order valence-electron chi connectivity index (χ0n) is 20.3. The molecule has 0 unspecified atom stereocenters. The van der Waals surface area contributed by atoms with E-state index in [0.717, 1.165) is 35.6 Å². The van der Waals surface area contributed by atoms with E-state index in [4.69, 9.17) is 9.72 Å². The van der Waals surface area contributed by atoms with Gasteiger partial charge in [0, 0.05) is 50.7 Å². The molecule has 2 amide bonds. The fourth-order valence-corrected chi connectivity index (χ4v) is 4.56. The number of hydrogen-bond acceptors (Lipinski definition) is 6. The summed E-state index contributed by atoms with van der Waals surface area (Å²) in [7, 11) is 0. The Bertz CT molecular complexity index is 1180. The Labute approximate surface area is 201 Å². The van der Waals surface area contributed by atoms with E-state index < -0.39 is 6.09 Å². The average molecular weight is 467 g/mol. The van der Waals surface area contributed by atoms with Crippen LogP contribution >= 0.6 is 0 Å². The number of ether oxygens (including phenoxy) is 1. The minimum atomic E-state index is -0.500. The van der Waals surface area contributed by atoms with Gasteiger partial charge in [-0.1, -0.05) is 19.9 Å². The number of nitrogens with zero attached hydrogens (tertiary/aromatic N) is 4. The third-order valence-electron chi connectivity index (χ3n) is 5.94. The number of piperazine rings is 1. The first-order valence-electron chi connectivity index (χ1n) is 11.6. The molecule has 1 aliphatic rings. The first-order chi connectivity index (χ1) is 16.2. The number of amides is 2. The van der Waals surface area contributed by atoms with Gasteiger partial charge in [0.15, 0.2) is 0 Å². The summed E-state index contributed by atoms with van der Waals surface area (Å²) in [5.74, 6) is 1.23. The highest BCUT2D eigenvalue weighted by molar-refractivity contribution is 5.96. The molecule has 4 rings (SSSR count). The first kappa shape index (κ1) is 23.5. The lowest BCUT2D eigenvalue weighted by atomic mass is 10.1. The molecule has 0 radical (unpaired) electrons. The number of carbonyl (C=O) groups is 2. The van der Waals surface area contributed by atoms with E-state index in [1.165, 1.54) is 0 Å². The minimum absolute atomic E-state index is 0. The highest BCUT2D eigenvalue weighted by Gasteiger charge is 2.31. The number of H-pyrrole nitrogens is 1. The summed E-state index contributed by atoms with van der Waals surface area (Å²) in [6.45, 7) is 11.5. The molecule has 9 nitrogen and oxygen atoms in total. The van der Waals surface area contributed by atoms with Crippen molar-refractivity contribution < 1.29 is 15.8 Å².